The summed E-state index contributed by atoms with van der Waals surface area (Å²) in [5, 5.41) is 10.4. The van der Waals surface area contributed by atoms with Crippen molar-refractivity contribution >= 4 is 41.0 Å². The fourth-order valence-corrected chi connectivity index (χ4v) is 5.88. The van der Waals surface area contributed by atoms with Crippen LogP contribution in [0, 0.1) is 5.82 Å². The molecule has 11 heteroatoms. The lowest BCUT2D eigenvalue weighted by atomic mass is 10.1. The molecule has 0 spiro atoms. The summed E-state index contributed by atoms with van der Waals surface area (Å²) in [7, 11) is 0. The van der Waals surface area contributed by atoms with Gasteiger partial charge in [-0.15, -0.1) is 0 Å². The number of rotatable bonds is 3. The topological polar surface area (TPSA) is 86.2 Å². The van der Waals surface area contributed by atoms with Gasteiger partial charge in [-0.1, -0.05) is 24.2 Å². The molecule has 3 aliphatic rings. The number of fused-ring (bicyclic) bond motifs is 2. The Morgan fingerprint density at radius 2 is 2.03 bits per heavy atom. The molecule has 1 atom stereocenters. The number of thioether (sulfide) groups is 1. The third-order valence-corrected chi connectivity index (χ3v) is 7.77. The van der Waals surface area contributed by atoms with Gasteiger partial charge in [0.25, 0.3) is 5.91 Å². The Morgan fingerprint density at radius 3 is 2.74 bits per heavy atom. The molecule has 8 nitrogen and oxygen atoms in total. The third-order valence-electron chi connectivity index (χ3n) is 6.48. The highest BCUT2D eigenvalue weighted by atomic mass is 35.5. The van der Waals surface area contributed by atoms with Crippen molar-refractivity contribution in [2.45, 2.75) is 6.04 Å². The van der Waals surface area contributed by atoms with Crippen LogP contribution in [0.4, 0.5) is 10.2 Å². The van der Waals surface area contributed by atoms with Crippen LogP contribution in [-0.2, 0) is 4.79 Å². The highest BCUT2D eigenvalue weighted by molar-refractivity contribution is 7.99. The van der Waals surface area contributed by atoms with Gasteiger partial charge in [-0.2, -0.15) is 11.8 Å². The highest BCUT2D eigenvalue weighted by Gasteiger charge is 2.41. The molecular weight excluding hydrogens is 495 g/mol. The molecule has 0 bridgehead atoms. The van der Waals surface area contributed by atoms with E-state index >= 15 is 0 Å². The van der Waals surface area contributed by atoms with E-state index in [1.54, 1.807) is 21.6 Å². The van der Waals surface area contributed by atoms with Crippen LogP contribution in [0.25, 0.3) is 11.3 Å². The monoisotopic (exact) mass is 518 g/mol. The summed E-state index contributed by atoms with van der Waals surface area (Å²) >= 11 is 8.52. The number of halogens is 2. The van der Waals surface area contributed by atoms with Crippen molar-refractivity contribution in [3.63, 3.8) is 0 Å². The predicted molar refractivity (Wildman–Crippen MR) is 133 cm³/mol. The number of nitrogens with zero attached hydrogens (tertiary/aromatic N) is 4. The van der Waals surface area contributed by atoms with Gasteiger partial charge < -0.3 is 24.5 Å². The van der Waals surface area contributed by atoms with Crippen LogP contribution in [0.1, 0.15) is 10.4 Å². The van der Waals surface area contributed by atoms with Crippen LogP contribution in [0.3, 0.4) is 0 Å². The summed E-state index contributed by atoms with van der Waals surface area (Å²) in [6, 6.07) is 3.57. The molecular formula is C24H24ClFN4O4S. The van der Waals surface area contributed by atoms with Crippen molar-refractivity contribution in [1.82, 2.24) is 14.8 Å². The second kappa shape index (κ2) is 9.58. The van der Waals surface area contributed by atoms with E-state index in [2.05, 4.69) is 11.6 Å². The maximum atomic E-state index is 14.8. The predicted octanol–water partition coefficient (Wildman–Crippen LogP) is 3.03. The van der Waals surface area contributed by atoms with Crippen LogP contribution in [0.15, 0.2) is 30.9 Å². The van der Waals surface area contributed by atoms with E-state index in [0.717, 1.165) is 11.5 Å². The average molecular weight is 519 g/mol. The number of phenolic OH excluding ortho intramolecular Hbond substituents is 1. The molecule has 0 radical (unpaired) electrons. The molecule has 2 fully saturated rings. The maximum absolute atomic E-state index is 14.8. The van der Waals surface area contributed by atoms with E-state index in [1.807, 2.05) is 4.90 Å². The maximum Gasteiger partial charge on any atom is 0.261 e. The summed E-state index contributed by atoms with van der Waals surface area (Å²) in [5.41, 5.74) is 0.103. The number of benzene rings is 1. The van der Waals surface area contributed by atoms with Gasteiger partial charge in [-0.3, -0.25) is 9.59 Å². The molecule has 0 aliphatic carbocycles. The van der Waals surface area contributed by atoms with Crippen LogP contribution in [0.2, 0.25) is 5.02 Å². The first-order valence-electron chi connectivity index (χ1n) is 11.3. The zero-order valence-electron chi connectivity index (χ0n) is 18.9. The second-order valence-corrected chi connectivity index (χ2v) is 10.1. The molecule has 2 amide bonds. The molecule has 1 aromatic carbocycles. The molecule has 3 aliphatic heterocycles. The molecule has 0 unspecified atom stereocenters. The summed E-state index contributed by atoms with van der Waals surface area (Å²) in [6.07, 6.45) is 1.25. The fraction of sp³-hybridized carbons (Fsp3) is 0.375. The van der Waals surface area contributed by atoms with E-state index in [0.29, 0.717) is 38.5 Å². The van der Waals surface area contributed by atoms with Crippen LogP contribution in [0.5, 0.6) is 11.5 Å². The molecule has 1 N–H and O–H groups in total. The Hall–Kier alpha value is -2.98. The van der Waals surface area contributed by atoms with Gasteiger partial charge >= 0.3 is 0 Å². The number of piperazine rings is 1. The van der Waals surface area contributed by atoms with Crippen molar-refractivity contribution in [3.05, 3.63) is 47.3 Å². The summed E-state index contributed by atoms with van der Waals surface area (Å²) in [4.78, 5) is 36.0. The number of aromatic hydroxyl groups is 1. The van der Waals surface area contributed by atoms with Gasteiger partial charge in [0.15, 0.2) is 5.75 Å². The van der Waals surface area contributed by atoms with E-state index < -0.39 is 11.9 Å². The smallest absolute Gasteiger partial charge is 0.261 e. The Kier molecular flexibility index (Phi) is 6.50. The minimum atomic E-state index is -0.685. The molecule has 1 aromatic heterocycles. The summed E-state index contributed by atoms with van der Waals surface area (Å²) in [6.45, 7) is 5.94. The number of ether oxygens (including phenoxy) is 1. The zero-order chi connectivity index (χ0) is 24.7. The quantitative estimate of drug-likeness (QED) is 0.625. The number of carbonyl (C=O) groups excluding carboxylic acids is 2. The number of amides is 2. The molecule has 2 aromatic rings. The minimum absolute atomic E-state index is 0.0189. The molecule has 2 saturated heterocycles. The molecule has 0 saturated carbocycles. The number of hydrogen-bond donors (Lipinski definition) is 1. The molecule has 5 rings (SSSR count). The number of hydrogen-bond acceptors (Lipinski definition) is 7. The lowest BCUT2D eigenvalue weighted by molar-refractivity contribution is -0.128. The normalized spacial score (nSPS) is 20.0. The molecule has 184 valence electrons. The Bertz CT molecular complexity index is 1190. The van der Waals surface area contributed by atoms with Crippen molar-refractivity contribution in [2.24, 2.45) is 0 Å². The first kappa shape index (κ1) is 23.7. The van der Waals surface area contributed by atoms with Crippen LogP contribution >= 0.6 is 23.4 Å². The Morgan fingerprint density at radius 1 is 1.26 bits per heavy atom. The van der Waals surface area contributed by atoms with Crippen LogP contribution < -0.4 is 9.64 Å². The van der Waals surface area contributed by atoms with Crippen molar-refractivity contribution in [3.8, 4) is 22.8 Å². The lowest BCUT2D eigenvalue weighted by Crippen LogP contribution is -2.57. The molecule has 4 heterocycles. The van der Waals surface area contributed by atoms with Crippen LogP contribution in [-0.4, -0.2) is 88.6 Å². The number of aromatic nitrogens is 1. The van der Waals surface area contributed by atoms with Crippen molar-refractivity contribution < 1.29 is 23.8 Å². The standard InChI is InChI=1S/C24H24ClFN4O4S/c1-2-17(32)29-6-7-30-14(12-29)13-34-22-19(24(30)33)23(28-8-10-35-11-9-28)27-21(20(22)25)18-15(26)4-3-5-16(18)31/h2-5,14,31H,1,6-13H2/t14-/m1/s1. The van der Waals surface area contributed by atoms with Gasteiger partial charge in [0, 0.05) is 44.2 Å². The Labute approximate surface area is 211 Å². The summed E-state index contributed by atoms with van der Waals surface area (Å²) < 4.78 is 21.0. The fourth-order valence-electron chi connectivity index (χ4n) is 4.69. The third kappa shape index (κ3) is 4.18. The zero-order valence-corrected chi connectivity index (χ0v) is 20.4. The highest BCUT2D eigenvalue weighted by Crippen LogP contribution is 2.46. The van der Waals surface area contributed by atoms with E-state index in [9.17, 15) is 19.1 Å². The number of pyridine rings is 1. The lowest BCUT2D eigenvalue weighted by Gasteiger charge is -2.39. The number of phenols is 1. The van der Waals surface area contributed by atoms with Crippen molar-refractivity contribution in [2.75, 3.05) is 55.7 Å². The Balaban J connectivity index is 1.65. The van der Waals surface area contributed by atoms with Gasteiger partial charge in [0.2, 0.25) is 5.91 Å². The SMILES string of the molecule is C=CC(=O)N1CCN2C(=O)c3c(N4CCSCC4)nc(-c4c(O)cccc4F)c(Cl)c3OC[C@H]2C1. The summed E-state index contributed by atoms with van der Waals surface area (Å²) in [5.74, 6) is 0.679. The second-order valence-electron chi connectivity index (χ2n) is 8.49. The largest absolute Gasteiger partial charge is 0.507 e. The van der Waals surface area contributed by atoms with Gasteiger partial charge in [0.05, 0.1) is 11.6 Å². The first-order valence-corrected chi connectivity index (χ1v) is 12.8. The van der Waals surface area contributed by atoms with E-state index in [-0.39, 0.29) is 51.8 Å². The van der Waals surface area contributed by atoms with Gasteiger partial charge in [-0.25, -0.2) is 9.37 Å². The average Bonchev–Trinajstić information content (AvgIpc) is 3.02. The van der Waals surface area contributed by atoms with Gasteiger partial charge in [0.1, 0.15) is 40.3 Å². The van der Waals surface area contributed by atoms with Crippen molar-refractivity contribution in [1.29, 1.82) is 0 Å². The van der Waals surface area contributed by atoms with E-state index in [4.69, 9.17) is 16.3 Å². The molecule has 35 heavy (non-hydrogen) atoms. The van der Waals surface area contributed by atoms with E-state index in [1.165, 1.54) is 24.3 Å². The number of carbonyl (C=O) groups is 2. The first-order chi connectivity index (χ1) is 16.9. The number of anilines is 1. The van der Waals surface area contributed by atoms with Gasteiger partial charge in [-0.05, 0) is 18.2 Å². The minimum Gasteiger partial charge on any atom is -0.507 e.